The number of hydrogen-bond acceptors (Lipinski definition) is 5. The number of rotatable bonds is 13. The maximum absolute atomic E-state index is 14.0. The van der Waals surface area contributed by atoms with E-state index in [9.17, 15) is 18.0 Å². The second-order valence-electron chi connectivity index (χ2n) is 9.09. The highest BCUT2D eigenvalue weighted by molar-refractivity contribution is 7.92. The minimum Gasteiger partial charge on any atom is -0.495 e. The molecule has 2 amide bonds. The Morgan fingerprint density at radius 2 is 1.59 bits per heavy atom. The quantitative estimate of drug-likeness (QED) is 0.330. The van der Waals surface area contributed by atoms with Gasteiger partial charge in [-0.1, -0.05) is 79.2 Å². The molecule has 0 aliphatic heterocycles. The second kappa shape index (κ2) is 14.0. The van der Waals surface area contributed by atoms with Crippen LogP contribution in [0.25, 0.3) is 0 Å². The van der Waals surface area contributed by atoms with Crippen molar-refractivity contribution in [2.24, 2.45) is 0 Å². The summed E-state index contributed by atoms with van der Waals surface area (Å²) in [5, 5.41) is 3.12. The number of nitrogens with one attached hydrogen (secondary N) is 1. The van der Waals surface area contributed by atoms with Gasteiger partial charge in [-0.2, -0.15) is 0 Å². The molecule has 1 atom stereocenters. The maximum atomic E-state index is 14.0. The number of hydrogen-bond donors (Lipinski definition) is 1. The Hall–Kier alpha value is -3.56. The number of carbonyl (C=O) groups is 2. The molecule has 3 aromatic rings. The molecule has 0 aliphatic rings. The van der Waals surface area contributed by atoms with Gasteiger partial charge in [-0.05, 0) is 35.7 Å². The SMILES string of the molecule is CCCNC(=O)[C@@H](Cc1ccccc1)N(Cc1ccccc1)C(=O)CN(c1ccc(OC)c(Cl)c1)S(C)(=O)=O. The third-order valence-electron chi connectivity index (χ3n) is 6.12. The smallest absolute Gasteiger partial charge is 0.244 e. The number of amides is 2. The molecule has 208 valence electrons. The van der Waals surface area contributed by atoms with Crippen LogP contribution in [0.5, 0.6) is 5.75 Å². The number of sulfonamides is 1. The first-order valence-corrected chi connectivity index (χ1v) is 14.8. The zero-order valence-corrected chi connectivity index (χ0v) is 23.9. The van der Waals surface area contributed by atoms with Gasteiger partial charge >= 0.3 is 0 Å². The van der Waals surface area contributed by atoms with Crippen LogP contribution in [0.4, 0.5) is 5.69 Å². The molecule has 0 saturated heterocycles. The van der Waals surface area contributed by atoms with E-state index in [4.69, 9.17) is 16.3 Å². The standard InChI is InChI=1S/C29H34ClN3O5S/c1-4-17-31-29(35)26(18-22-11-7-5-8-12-22)32(20-23-13-9-6-10-14-23)28(34)21-33(39(3,36)37)24-15-16-27(38-2)25(30)19-24/h5-16,19,26H,4,17-18,20-21H2,1-3H3,(H,31,35)/t26-/m1/s1. The third kappa shape index (κ3) is 8.46. The van der Waals surface area contributed by atoms with Gasteiger partial charge in [-0.25, -0.2) is 8.42 Å². The molecule has 0 unspecified atom stereocenters. The first-order chi connectivity index (χ1) is 18.6. The monoisotopic (exact) mass is 571 g/mol. The first-order valence-electron chi connectivity index (χ1n) is 12.6. The molecular formula is C29H34ClN3O5S. The Morgan fingerprint density at radius 1 is 0.974 bits per heavy atom. The summed E-state index contributed by atoms with van der Waals surface area (Å²) in [5.74, 6) is -0.450. The molecule has 0 bridgehead atoms. The molecule has 0 heterocycles. The lowest BCUT2D eigenvalue weighted by Gasteiger charge is -2.33. The number of methoxy groups -OCH3 is 1. The molecule has 0 aliphatic carbocycles. The number of ether oxygens (including phenoxy) is 1. The van der Waals surface area contributed by atoms with Gasteiger partial charge in [0.05, 0.1) is 24.1 Å². The molecule has 0 fully saturated rings. The van der Waals surface area contributed by atoms with E-state index >= 15 is 0 Å². The van der Waals surface area contributed by atoms with E-state index in [1.165, 1.54) is 24.1 Å². The summed E-state index contributed by atoms with van der Waals surface area (Å²) in [6, 6.07) is 22.3. The van der Waals surface area contributed by atoms with Crippen LogP contribution in [0.15, 0.2) is 78.9 Å². The molecule has 3 rings (SSSR count). The zero-order valence-electron chi connectivity index (χ0n) is 22.3. The minimum absolute atomic E-state index is 0.123. The average molecular weight is 572 g/mol. The molecular weight excluding hydrogens is 538 g/mol. The van der Waals surface area contributed by atoms with E-state index in [1.54, 1.807) is 6.07 Å². The van der Waals surface area contributed by atoms with Crippen molar-refractivity contribution in [3.63, 3.8) is 0 Å². The molecule has 8 nitrogen and oxygen atoms in total. The largest absolute Gasteiger partial charge is 0.495 e. The summed E-state index contributed by atoms with van der Waals surface area (Å²) in [5.41, 5.74) is 1.90. The van der Waals surface area contributed by atoms with E-state index in [-0.39, 0.29) is 29.6 Å². The predicted molar refractivity (Wildman–Crippen MR) is 154 cm³/mol. The lowest BCUT2D eigenvalue weighted by atomic mass is 10.0. The van der Waals surface area contributed by atoms with Gasteiger partial charge in [0.2, 0.25) is 21.8 Å². The van der Waals surface area contributed by atoms with Crippen molar-refractivity contribution >= 4 is 39.1 Å². The Bertz CT molecular complexity index is 1350. The molecule has 3 aromatic carbocycles. The van der Waals surface area contributed by atoms with Crippen molar-refractivity contribution in [1.29, 1.82) is 0 Å². The van der Waals surface area contributed by atoms with Gasteiger partial charge in [0.15, 0.2) is 0 Å². The van der Waals surface area contributed by atoms with Gasteiger partial charge in [0, 0.05) is 19.5 Å². The Morgan fingerprint density at radius 3 is 2.13 bits per heavy atom. The average Bonchev–Trinajstić information content (AvgIpc) is 2.92. The zero-order chi connectivity index (χ0) is 28.4. The van der Waals surface area contributed by atoms with Crippen LogP contribution in [-0.2, 0) is 32.6 Å². The van der Waals surface area contributed by atoms with Gasteiger partial charge < -0.3 is 15.0 Å². The summed E-state index contributed by atoms with van der Waals surface area (Å²) in [4.78, 5) is 28.9. The van der Waals surface area contributed by atoms with E-state index < -0.39 is 28.5 Å². The number of carbonyl (C=O) groups excluding carboxylic acids is 2. The van der Waals surface area contributed by atoms with Gasteiger partial charge in [-0.15, -0.1) is 0 Å². The van der Waals surface area contributed by atoms with Crippen LogP contribution in [0.1, 0.15) is 24.5 Å². The van der Waals surface area contributed by atoms with Crippen LogP contribution in [-0.4, -0.2) is 57.6 Å². The Kier molecular flexibility index (Phi) is 10.8. The number of nitrogens with zero attached hydrogens (tertiary/aromatic N) is 2. The van der Waals surface area contributed by atoms with Gasteiger partial charge in [-0.3, -0.25) is 13.9 Å². The van der Waals surface area contributed by atoms with Crippen molar-refractivity contribution in [2.45, 2.75) is 32.4 Å². The number of halogens is 1. The van der Waals surface area contributed by atoms with E-state index in [0.717, 1.165) is 28.1 Å². The highest BCUT2D eigenvalue weighted by Gasteiger charge is 2.33. The minimum atomic E-state index is -3.89. The fourth-order valence-electron chi connectivity index (χ4n) is 4.12. The Balaban J connectivity index is 2.03. The van der Waals surface area contributed by atoms with Crippen LogP contribution >= 0.6 is 11.6 Å². The fraction of sp³-hybridized carbons (Fsp3) is 0.310. The van der Waals surface area contributed by atoms with Crippen molar-refractivity contribution in [1.82, 2.24) is 10.2 Å². The van der Waals surface area contributed by atoms with Crippen molar-refractivity contribution in [3.05, 3.63) is 95.0 Å². The highest BCUT2D eigenvalue weighted by Crippen LogP contribution is 2.30. The second-order valence-corrected chi connectivity index (χ2v) is 11.4. The first kappa shape index (κ1) is 30.0. The summed E-state index contributed by atoms with van der Waals surface area (Å²) in [7, 11) is -2.43. The van der Waals surface area contributed by atoms with E-state index in [1.807, 2.05) is 67.6 Å². The van der Waals surface area contributed by atoms with Gasteiger partial charge in [0.1, 0.15) is 18.3 Å². The van der Waals surface area contributed by atoms with Crippen molar-refractivity contribution < 1.29 is 22.7 Å². The summed E-state index contributed by atoms with van der Waals surface area (Å²) in [6.07, 6.45) is 2.02. The lowest BCUT2D eigenvalue weighted by Crippen LogP contribution is -2.53. The van der Waals surface area contributed by atoms with E-state index in [2.05, 4.69) is 5.32 Å². The fourth-order valence-corrected chi connectivity index (χ4v) is 5.22. The molecule has 0 radical (unpaired) electrons. The van der Waals surface area contributed by atoms with Crippen molar-refractivity contribution in [2.75, 3.05) is 30.8 Å². The van der Waals surface area contributed by atoms with Crippen LogP contribution < -0.4 is 14.4 Å². The third-order valence-corrected chi connectivity index (χ3v) is 7.55. The van der Waals surface area contributed by atoms with Crippen LogP contribution in [0, 0.1) is 0 Å². The summed E-state index contributed by atoms with van der Waals surface area (Å²) < 4.78 is 31.9. The highest BCUT2D eigenvalue weighted by atomic mass is 35.5. The summed E-state index contributed by atoms with van der Waals surface area (Å²) in [6.45, 7) is 2.01. The normalized spacial score (nSPS) is 11.9. The maximum Gasteiger partial charge on any atom is 0.244 e. The molecule has 0 saturated carbocycles. The molecule has 1 N–H and O–H groups in total. The van der Waals surface area contributed by atoms with Crippen LogP contribution in [0.2, 0.25) is 5.02 Å². The molecule has 10 heteroatoms. The molecule has 0 aromatic heterocycles. The van der Waals surface area contributed by atoms with E-state index in [0.29, 0.717) is 12.3 Å². The topological polar surface area (TPSA) is 96.0 Å². The number of benzene rings is 3. The lowest BCUT2D eigenvalue weighted by molar-refractivity contribution is -0.140. The summed E-state index contributed by atoms with van der Waals surface area (Å²) >= 11 is 6.27. The van der Waals surface area contributed by atoms with Crippen LogP contribution in [0.3, 0.4) is 0 Å². The number of anilines is 1. The van der Waals surface area contributed by atoms with Gasteiger partial charge in [0.25, 0.3) is 0 Å². The Labute approximate surface area is 235 Å². The van der Waals surface area contributed by atoms with Crippen molar-refractivity contribution in [3.8, 4) is 5.75 Å². The predicted octanol–water partition coefficient (Wildman–Crippen LogP) is 4.28. The molecule has 0 spiro atoms. The molecule has 39 heavy (non-hydrogen) atoms.